The Hall–Kier alpha value is -0.870. The van der Waals surface area contributed by atoms with Gasteiger partial charge in [-0.05, 0) is 69.5 Å². The Balaban J connectivity index is 1.75. The van der Waals surface area contributed by atoms with E-state index in [4.69, 9.17) is 0 Å². The normalized spacial score (nSPS) is 25.1. The summed E-state index contributed by atoms with van der Waals surface area (Å²) >= 11 is 1.82. The van der Waals surface area contributed by atoms with Crippen LogP contribution in [0.5, 0.6) is 0 Å². The van der Waals surface area contributed by atoms with E-state index in [1.165, 1.54) is 23.3 Å². The predicted molar refractivity (Wildman–Crippen MR) is 87.9 cm³/mol. The summed E-state index contributed by atoms with van der Waals surface area (Å²) in [6.07, 6.45) is 5.76. The third-order valence-corrected chi connectivity index (χ3v) is 5.83. The Morgan fingerprint density at radius 1 is 1.43 bits per heavy atom. The molecule has 2 unspecified atom stereocenters. The van der Waals surface area contributed by atoms with E-state index in [0.717, 1.165) is 32.4 Å². The number of aryl methyl sites for hydroxylation is 1. The van der Waals surface area contributed by atoms with E-state index in [0.29, 0.717) is 11.9 Å². The van der Waals surface area contributed by atoms with Gasteiger partial charge in [-0.2, -0.15) is 0 Å². The molecular formula is C17H26N2OS. The largest absolute Gasteiger partial charge is 0.338 e. The molecule has 2 atom stereocenters. The molecule has 1 amide bonds. The first-order chi connectivity index (χ1) is 10.2. The molecule has 21 heavy (non-hydrogen) atoms. The highest BCUT2D eigenvalue weighted by Crippen LogP contribution is 2.36. The van der Waals surface area contributed by atoms with Crippen molar-refractivity contribution in [3.63, 3.8) is 0 Å². The zero-order valence-corrected chi connectivity index (χ0v) is 13.9. The lowest BCUT2D eigenvalue weighted by Gasteiger charge is -2.34. The highest BCUT2D eigenvalue weighted by Gasteiger charge is 2.33. The third-order valence-electron chi connectivity index (χ3n) is 4.84. The van der Waals surface area contributed by atoms with E-state index >= 15 is 0 Å². The predicted octanol–water partition coefficient (Wildman–Crippen LogP) is 3.16. The van der Waals surface area contributed by atoms with E-state index < -0.39 is 0 Å². The average Bonchev–Trinajstić information content (AvgIpc) is 3.14. The van der Waals surface area contributed by atoms with Crippen LogP contribution in [0.25, 0.3) is 0 Å². The molecule has 4 heteroatoms. The fourth-order valence-electron chi connectivity index (χ4n) is 3.65. The lowest BCUT2D eigenvalue weighted by atomic mass is 9.86. The van der Waals surface area contributed by atoms with Gasteiger partial charge in [-0.15, -0.1) is 11.3 Å². The number of amides is 1. The van der Waals surface area contributed by atoms with Crippen LogP contribution in [-0.2, 0) is 11.2 Å². The molecule has 0 spiro atoms. The smallest absolute Gasteiger partial charge is 0.230 e. The van der Waals surface area contributed by atoms with Gasteiger partial charge >= 0.3 is 0 Å². The third kappa shape index (κ3) is 3.16. The summed E-state index contributed by atoms with van der Waals surface area (Å²) in [4.78, 5) is 16.6. The van der Waals surface area contributed by atoms with Crippen LogP contribution in [0.3, 0.4) is 0 Å². The molecule has 1 fully saturated rings. The van der Waals surface area contributed by atoms with Crippen LogP contribution in [0, 0.1) is 0 Å². The quantitative estimate of drug-likeness (QED) is 0.927. The van der Waals surface area contributed by atoms with Gasteiger partial charge in [0.25, 0.3) is 0 Å². The molecule has 3 nitrogen and oxygen atoms in total. The summed E-state index contributed by atoms with van der Waals surface area (Å²) in [5.41, 5.74) is 1.31. The Morgan fingerprint density at radius 3 is 3.00 bits per heavy atom. The van der Waals surface area contributed by atoms with Crippen LogP contribution >= 0.6 is 11.3 Å². The van der Waals surface area contributed by atoms with E-state index in [2.05, 4.69) is 35.5 Å². The fourth-order valence-corrected chi connectivity index (χ4v) is 4.64. The second kappa shape index (κ2) is 6.49. The lowest BCUT2D eigenvalue weighted by molar-refractivity contribution is -0.135. The molecule has 1 N–H and O–H groups in total. The van der Waals surface area contributed by atoms with Gasteiger partial charge in [0.1, 0.15) is 0 Å². The van der Waals surface area contributed by atoms with E-state index in [-0.39, 0.29) is 12.0 Å². The van der Waals surface area contributed by atoms with E-state index in [9.17, 15) is 4.79 Å². The second-order valence-corrected chi connectivity index (χ2v) is 7.62. The molecule has 0 saturated carbocycles. The van der Waals surface area contributed by atoms with Crippen molar-refractivity contribution in [2.24, 2.45) is 0 Å². The van der Waals surface area contributed by atoms with Crippen molar-refractivity contribution in [3.05, 3.63) is 21.9 Å². The number of carbonyl (C=O) groups excluding carboxylic acids is 1. The molecule has 1 aromatic rings. The zero-order valence-electron chi connectivity index (χ0n) is 13.1. The fraction of sp³-hybridized carbons (Fsp3) is 0.706. The Morgan fingerprint density at radius 2 is 2.29 bits per heavy atom. The van der Waals surface area contributed by atoms with Crippen molar-refractivity contribution < 1.29 is 4.79 Å². The number of fused-ring (bicyclic) bond motifs is 1. The van der Waals surface area contributed by atoms with Crippen LogP contribution in [0.2, 0.25) is 0 Å². The first-order valence-corrected chi connectivity index (χ1v) is 9.15. The summed E-state index contributed by atoms with van der Waals surface area (Å²) < 4.78 is 0. The second-order valence-electron chi connectivity index (χ2n) is 6.62. The molecule has 0 aromatic carbocycles. The van der Waals surface area contributed by atoms with Gasteiger partial charge in [0.15, 0.2) is 0 Å². The summed E-state index contributed by atoms with van der Waals surface area (Å²) in [6.45, 7) is 6.25. The van der Waals surface area contributed by atoms with Gasteiger partial charge in [0.2, 0.25) is 5.91 Å². The summed E-state index contributed by atoms with van der Waals surface area (Å²) in [5, 5.41) is 5.67. The van der Waals surface area contributed by atoms with Crippen LogP contribution in [0.1, 0.15) is 55.9 Å². The van der Waals surface area contributed by atoms with Crippen molar-refractivity contribution in [2.75, 3.05) is 13.1 Å². The Bertz CT molecular complexity index is 491. The monoisotopic (exact) mass is 306 g/mol. The highest BCUT2D eigenvalue weighted by atomic mass is 32.1. The van der Waals surface area contributed by atoms with Crippen molar-refractivity contribution in [3.8, 4) is 0 Å². The topological polar surface area (TPSA) is 32.3 Å². The van der Waals surface area contributed by atoms with Crippen LogP contribution in [0.15, 0.2) is 11.4 Å². The first kappa shape index (κ1) is 15.0. The molecule has 3 rings (SSSR count). The minimum atomic E-state index is 0.101. The number of rotatable bonds is 4. The molecule has 1 aliphatic carbocycles. The summed E-state index contributed by atoms with van der Waals surface area (Å²) in [5.74, 6) is 0.446. The molecular weight excluding hydrogens is 280 g/mol. The first-order valence-electron chi connectivity index (χ1n) is 8.27. The molecule has 1 saturated heterocycles. The molecule has 116 valence electrons. The number of thiophene rings is 1. The van der Waals surface area contributed by atoms with Crippen LogP contribution in [0.4, 0.5) is 0 Å². The lowest BCUT2D eigenvalue weighted by Crippen LogP contribution is -2.47. The van der Waals surface area contributed by atoms with Gasteiger partial charge in [-0.1, -0.05) is 0 Å². The number of hydrogen-bond donors (Lipinski definition) is 1. The van der Waals surface area contributed by atoms with Crippen molar-refractivity contribution in [1.82, 2.24) is 10.2 Å². The Kier molecular flexibility index (Phi) is 4.65. The average molecular weight is 306 g/mol. The minimum absolute atomic E-state index is 0.101. The van der Waals surface area contributed by atoms with Crippen LogP contribution < -0.4 is 5.32 Å². The van der Waals surface area contributed by atoms with Gasteiger partial charge < -0.3 is 10.2 Å². The molecule has 1 aromatic heterocycles. The number of carbonyl (C=O) groups is 1. The maximum atomic E-state index is 13.1. The molecule has 2 heterocycles. The van der Waals surface area contributed by atoms with Crippen molar-refractivity contribution >= 4 is 17.2 Å². The van der Waals surface area contributed by atoms with Crippen molar-refractivity contribution in [1.29, 1.82) is 0 Å². The molecule has 0 bridgehead atoms. The maximum Gasteiger partial charge on any atom is 0.230 e. The molecule has 1 aliphatic heterocycles. The number of nitrogens with one attached hydrogen (secondary N) is 1. The summed E-state index contributed by atoms with van der Waals surface area (Å²) in [6, 6.07) is 2.94. The Labute approximate surface area is 131 Å². The molecule has 2 aliphatic rings. The highest BCUT2D eigenvalue weighted by molar-refractivity contribution is 7.10. The SMILES string of the molecule is CC(C)N(CC1CCCN1)C(=O)C1CCCc2sccc21. The maximum absolute atomic E-state index is 13.1. The van der Waals surface area contributed by atoms with Gasteiger partial charge in [0.05, 0.1) is 5.92 Å². The standard InChI is InChI=1S/C17H26N2OS/c1-12(2)19(11-13-5-4-9-18-13)17(20)15-6-3-7-16-14(15)8-10-21-16/h8,10,12-13,15,18H,3-7,9,11H2,1-2H3. The zero-order chi connectivity index (χ0) is 14.8. The molecule has 0 radical (unpaired) electrons. The summed E-state index contributed by atoms with van der Waals surface area (Å²) in [7, 11) is 0. The van der Waals surface area contributed by atoms with E-state index in [1.54, 1.807) is 0 Å². The van der Waals surface area contributed by atoms with Crippen molar-refractivity contribution in [2.45, 2.75) is 64.0 Å². The van der Waals surface area contributed by atoms with Gasteiger partial charge in [0, 0.05) is 23.5 Å². The number of nitrogens with zero attached hydrogens (tertiary/aromatic N) is 1. The minimum Gasteiger partial charge on any atom is -0.338 e. The van der Waals surface area contributed by atoms with Gasteiger partial charge in [-0.3, -0.25) is 4.79 Å². The van der Waals surface area contributed by atoms with Gasteiger partial charge in [-0.25, -0.2) is 0 Å². The van der Waals surface area contributed by atoms with Crippen LogP contribution in [-0.4, -0.2) is 36.0 Å². The number of hydrogen-bond acceptors (Lipinski definition) is 3. The van der Waals surface area contributed by atoms with E-state index in [1.807, 2.05) is 11.3 Å².